The average Bonchev–Trinajstić information content (AvgIpc) is 3.31. The normalized spacial score (nSPS) is 22.0. The van der Waals surface area contributed by atoms with Crippen molar-refractivity contribution in [2.24, 2.45) is 0 Å². The van der Waals surface area contributed by atoms with Crippen molar-refractivity contribution in [3.05, 3.63) is 40.1 Å². The zero-order valence-corrected chi connectivity index (χ0v) is 17.4. The van der Waals surface area contributed by atoms with Gasteiger partial charge in [-0.05, 0) is 26.0 Å². The van der Waals surface area contributed by atoms with Gasteiger partial charge < -0.3 is 19.3 Å². The average molecular weight is 417 g/mol. The highest BCUT2D eigenvalue weighted by Gasteiger charge is 2.43. The minimum Gasteiger partial charge on any atom is -0.487 e. The third kappa shape index (κ3) is 4.25. The molecular weight excluding hydrogens is 392 g/mol. The van der Waals surface area contributed by atoms with Crippen molar-refractivity contribution in [3.63, 3.8) is 0 Å². The number of carbonyl (C=O) groups is 2. The molecule has 2 amide bonds. The van der Waals surface area contributed by atoms with E-state index >= 15 is 0 Å². The van der Waals surface area contributed by atoms with Gasteiger partial charge in [0.2, 0.25) is 5.91 Å². The molecule has 2 saturated heterocycles. The summed E-state index contributed by atoms with van der Waals surface area (Å²) < 4.78 is 11.4. The molecule has 2 aliphatic rings. The predicted octanol–water partition coefficient (Wildman–Crippen LogP) is 1.68. The van der Waals surface area contributed by atoms with Crippen molar-refractivity contribution >= 4 is 23.2 Å². The van der Waals surface area contributed by atoms with E-state index in [1.807, 2.05) is 19.9 Å². The number of likely N-dealkylation sites (tertiary alicyclic amines) is 1. The van der Waals surface area contributed by atoms with Gasteiger partial charge in [-0.1, -0.05) is 0 Å². The molecule has 0 N–H and O–H groups in total. The van der Waals surface area contributed by atoms with Gasteiger partial charge in [-0.3, -0.25) is 14.6 Å². The first-order valence-electron chi connectivity index (χ1n) is 9.71. The van der Waals surface area contributed by atoms with Crippen LogP contribution in [0.15, 0.2) is 24.5 Å². The van der Waals surface area contributed by atoms with E-state index < -0.39 is 6.04 Å². The molecule has 0 saturated carbocycles. The van der Waals surface area contributed by atoms with E-state index in [0.717, 1.165) is 5.01 Å². The first-order chi connectivity index (χ1) is 14.0. The Bertz CT molecular complexity index is 882. The number of ether oxygens (including phenoxy) is 2. The summed E-state index contributed by atoms with van der Waals surface area (Å²) in [7, 11) is 0. The number of aryl methyl sites for hydroxylation is 2. The number of morpholine rings is 1. The molecule has 9 heteroatoms. The maximum Gasteiger partial charge on any atom is 0.266 e. The first kappa shape index (κ1) is 19.8. The number of rotatable bonds is 4. The Morgan fingerprint density at radius 3 is 2.72 bits per heavy atom. The Labute approximate surface area is 173 Å². The lowest BCUT2D eigenvalue weighted by Crippen LogP contribution is -2.51. The number of hydrogen-bond acceptors (Lipinski definition) is 7. The SMILES string of the molecule is Cc1nc(C)c(C(=O)N2C[C@@H](Oc3cccnc3)C[C@H]2C(=O)N2CCOCC2)s1. The molecule has 0 spiro atoms. The van der Waals surface area contributed by atoms with E-state index in [0.29, 0.717) is 55.6 Å². The topological polar surface area (TPSA) is 84.9 Å². The van der Waals surface area contributed by atoms with Gasteiger partial charge in [0, 0.05) is 25.7 Å². The Hall–Kier alpha value is -2.52. The quantitative estimate of drug-likeness (QED) is 0.754. The first-order valence-corrected chi connectivity index (χ1v) is 10.5. The maximum absolute atomic E-state index is 13.3. The van der Waals surface area contributed by atoms with Crippen molar-refractivity contribution in [2.45, 2.75) is 32.4 Å². The van der Waals surface area contributed by atoms with E-state index in [9.17, 15) is 9.59 Å². The molecule has 8 nitrogen and oxygen atoms in total. The third-order valence-electron chi connectivity index (χ3n) is 5.17. The highest BCUT2D eigenvalue weighted by molar-refractivity contribution is 7.13. The van der Waals surface area contributed by atoms with Gasteiger partial charge in [-0.25, -0.2) is 4.98 Å². The van der Waals surface area contributed by atoms with E-state index in [2.05, 4.69) is 9.97 Å². The maximum atomic E-state index is 13.3. The van der Waals surface area contributed by atoms with Crippen molar-refractivity contribution < 1.29 is 19.1 Å². The molecule has 2 aromatic heterocycles. The van der Waals surface area contributed by atoms with E-state index in [-0.39, 0.29) is 17.9 Å². The Kier molecular flexibility index (Phi) is 5.77. The van der Waals surface area contributed by atoms with Crippen LogP contribution in [0, 0.1) is 13.8 Å². The van der Waals surface area contributed by atoms with Gasteiger partial charge in [0.05, 0.1) is 36.7 Å². The fourth-order valence-electron chi connectivity index (χ4n) is 3.81. The van der Waals surface area contributed by atoms with Crippen LogP contribution >= 0.6 is 11.3 Å². The molecule has 0 aliphatic carbocycles. The zero-order valence-electron chi connectivity index (χ0n) is 16.5. The Balaban J connectivity index is 1.57. The van der Waals surface area contributed by atoms with Crippen LogP contribution < -0.4 is 4.74 Å². The molecule has 0 aromatic carbocycles. The summed E-state index contributed by atoms with van der Waals surface area (Å²) >= 11 is 1.37. The minimum atomic E-state index is -0.552. The fourth-order valence-corrected chi connectivity index (χ4v) is 4.68. The van der Waals surface area contributed by atoms with Crippen molar-refractivity contribution in [1.82, 2.24) is 19.8 Å². The van der Waals surface area contributed by atoms with Crippen molar-refractivity contribution in [1.29, 1.82) is 0 Å². The van der Waals surface area contributed by atoms with E-state index in [1.54, 1.807) is 28.3 Å². The number of hydrogen-bond donors (Lipinski definition) is 0. The van der Waals surface area contributed by atoms with Crippen LogP contribution in [-0.4, -0.2) is 76.6 Å². The van der Waals surface area contributed by atoms with Gasteiger partial charge in [0.1, 0.15) is 22.8 Å². The van der Waals surface area contributed by atoms with Crippen molar-refractivity contribution in [2.75, 3.05) is 32.8 Å². The predicted molar refractivity (Wildman–Crippen MR) is 107 cm³/mol. The van der Waals surface area contributed by atoms with Gasteiger partial charge in [-0.2, -0.15) is 0 Å². The molecule has 29 heavy (non-hydrogen) atoms. The molecule has 0 unspecified atom stereocenters. The standard InChI is InChI=1S/C20H24N4O4S/c1-13-18(29-14(2)22-13)20(26)24-12-16(28-15-4-3-5-21-11-15)10-17(24)19(25)23-6-8-27-9-7-23/h3-5,11,16-17H,6-10,12H2,1-2H3/t16-,17-/m0/s1. The van der Waals surface area contributed by atoms with Gasteiger partial charge >= 0.3 is 0 Å². The van der Waals surface area contributed by atoms with Crippen LogP contribution in [0.5, 0.6) is 5.75 Å². The highest BCUT2D eigenvalue weighted by Crippen LogP contribution is 2.28. The summed E-state index contributed by atoms with van der Waals surface area (Å²) in [5, 5.41) is 0.837. The molecule has 2 aromatic rings. The van der Waals surface area contributed by atoms with E-state index in [1.165, 1.54) is 11.3 Å². The van der Waals surface area contributed by atoms with Crippen LogP contribution in [0.4, 0.5) is 0 Å². The number of aromatic nitrogens is 2. The Morgan fingerprint density at radius 1 is 1.28 bits per heavy atom. The van der Waals surface area contributed by atoms with Crippen LogP contribution in [0.2, 0.25) is 0 Å². The summed E-state index contributed by atoms with van der Waals surface area (Å²) in [6.07, 6.45) is 3.50. The van der Waals surface area contributed by atoms with Gasteiger partial charge in [-0.15, -0.1) is 11.3 Å². The van der Waals surface area contributed by atoms with Crippen LogP contribution in [0.25, 0.3) is 0 Å². The van der Waals surface area contributed by atoms with Gasteiger partial charge in [0.25, 0.3) is 5.91 Å². The summed E-state index contributed by atoms with van der Waals surface area (Å²) in [6.45, 7) is 6.20. The molecular formula is C20H24N4O4S. The third-order valence-corrected chi connectivity index (χ3v) is 6.23. The zero-order chi connectivity index (χ0) is 20.4. The highest BCUT2D eigenvalue weighted by atomic mass is 32.1. The summed E-state index contributed by atoms with van der Waals surface area (Å²) in [4.78, 5) is 39.0. The summed E-state index contributed by atoms with van der Waals surface area (Å²) in [5.74, 6) is 0.434. The number of amides is 2. The second-order valence-corrected chi connectivity index (χ2v) is 8.43. The molecule has 0 radical (unpaired) electrons. The number of carbonyl (C=O) groups excluding carboxylic acids is 2. The largest absolute Gasteiger partial charge is 0.487 e. The van der Waals surface area contributed by atoms with Crippen LogP contribution in [0.1, 0.15) is 26.8 Å². The molecule has 0 bridgehead atoms. The number of thiazole rings is 1. The summed E-state index contributed by atoms with van der Waals surface area (Å²) in [6, 6.07) is 3.07. The molecule has 154 valence electrons. The molecule has 2 atom stereocenters. The second kappa shape index (κ2) is 8.46. The molecule has 4 heterocycles. The van der Waals surface area contributed by atoms with E-state index in [4.69, 9.17) is 9.47 Å². The lowest BCUT2D eigenvalue weighted by atomic mass is 10.1. The monoisotopic (exact) mass is 416 g/mol. The fraction of sp³-hybridized carbons (Fsp3) is 0.500. The lowest BCUT2D eigenvalue weighted by molar-refractivity contribution is -0.139. The number of nitrogens with zero attached hydrogens (tertiary/aromatic N) is 4. The molecule has 4 rings (SSSR count). The second-order valence-electron chi connectivity index (χ2n) is 7.22. The molecule has 2 fully saturated rings. The Morgan fingerprint density at radius 2 is 2.07 bits per heavy atom. The molecule has 2 aliphatic heterocycles. The van der Waals surface area contributed by atoms with Crippen molar-refractivity contribution in [3.8, 4) is 5.75 Å². The lowest BCUT2D eigenvalue weighted by Gasteiger charge is -2.32. The van der Waals surface area contributed by atoms with Crippen LogP contribution in [-0.2, 0) is 9.53 Å². The summed E-state index contributed by atoms with van der Waals surface area (Å²) in [5.41, 5.74) is 0.701. The van der Waals surface area contributed by atoms with Crippen LogP contribution in [0.3, 0.4) is 0 Å². The minimum absolute atomic E-state index is 0.0437. The number of pyridine rings is 1. The smallest absolute Gasteiger partial charge is 0.266 e. The van der Waals surface area contributed by atoms with Gasteiger partial charge in [0.15, 0.2) is 0 Å².